The summed E-state index contributed by atoms with van der Waals surface area (Å²) in [5.41, 5.74) is 1.39. The van der Waals surface area contributed by atoms with Gasteiger partial charge in [0.2, 0.25) is 0 Å². The lowest BCUT2D eigenvalue weighted by molar-refractivity contribution is 0.0926. The molecule has 0 aliphatic carbocycles. The number of hydrogen-bond acceptors (Lipinski definition) is 3. The van der Waals surface area contributed by atoms with Gasteiger partial charge < -0.3 is 4.74 Å². The van der Waals surface area contributed by atoms with Gasteiger partial charge >= 0.3 is 0 Å². The highest BCUT2D eigenvalue weighted by molar-refractivity contribution is 9.10. The second kappa shape index (κ2) is 6.18. The smallest absolute Gasteiger partial charge is 0.266 e. The first kappa shape index (κ1) is 15.6. The van der Waals surface area contributed by atoms with Gasteiger partial charge in [-0.3, -0.25) is 9.59 Å². The molecule has 0 atom stereocenters. The zero-order chi connectivity index (χ0) is 17.4. The predicted molar refractivity (Wildman–Crippen MR) is 98.2 cm³/mol. The molecule has 3 aromatic rings. The Balaban J connectivity index is 1.58. The lowest BCUT2D eigenvalue weighted by Crippen LogP contribution is -2.29. The van der Waals surface area contributed by atoms with Gasteiger partial charge in [0, 0.05) is 4.47 Å². The van der Waals surface area contributed by atoms with Crippen LogP contribution in [0.4, 0.5) is 5.69 Å². The van der Waals surface area contributed by atoms with Crippen LogP contribution < -0.4 is 9.64 Å². The third-order valence-electron chi connectivity index (χ3n) is 3.94. The number of rotatable bonds is 3. The molecule has 0 saturated heterocycles. The molecule has 0 unspecified atom stereocenters. The van der Waals surface area contributed by atoms with E-state index in [4.69, 9.17) is 4.74 Å². The molecule has 0 N–H and O–H groups in total. The molecule has 1 heterocycles. The SMILES string of the molecule is O=C1c2ccccc2C(=O)N1c1ccc(Oc2ccc(Br)cc2)cc1. The summed E-state index contributed by atoms with van der Waals surface area (Å²) in [7, 11) is 0. The van der Waals surface area contributed by atoms with Crippen molar-refractivity contribution in [3.63, 3.8) is 0 Å². The van der Waals surface area contributed by atoms with Crippen molar-refractivity contribution in [2.24, 2.45) is 0 Å². The molecule has 25 heavy (non-hydrogen) atoms. The molecule has 0 radical (unpaired) electrons. The van der Waals surface area contributed by atoms with Crippen molar-refractivity contribution in [1.29, 1.82) is 0 Å². The Morgan fingerprint density at radius 3 is 1.68 bits per heavy atom. The average Bonchev–Trinajstić information content (AvgIpc) is 2.89. The third-order valence-corrected chi connectivity index (χ3v) is 4.47. The molecule has 1 aliphatic heterocycles. The molecule has 4 nitrogen and oxygen atoms in total. The van der Waals surface area contributed by atoms with E-state index in [1.54, 1.807) is 48.5 Å². The van der Waals surface area contributed by atoms with Gasteiger partial charge in [0.1, 0.15) is 11.5 Å². The number of ether oxygens (including phenoxy) is 1. The Kier molecular flexibility index (Phi) is 3.86. The number of carbonyl (C=O) groups is 2. The summed E-state index contributed by atoms with van der Waals surface area (Å²) >= 11 is 3.38. The molecular formula is C20H12BrNO3. The van der Waals surface area contributed by atoms with Crippen molar-refractivity contribution < 1.29 is 14.3 Å². The monoisotopic (exact) mass is 393 g/mol. The van der Waals surface area contributed by atoms with E-state index in [0.29, 0.717) is 28.3 Å². The number of imide groups is 1. The van der Waals surface area contributed by atoms with Crippen molar-refractivity contribution >= 4 is 33.4 Å². The maximum absolute atomic E-state index is 12.5. The van der Waals surface area contributed by atoms with Crippen molar-refractivity contribution in [3.8, 4) is 11.5 Å². The highest BCUT2D eigenvalue weighted by Crippen LogP contribution is 2.30. The minimum Gasteiger partial charge on any atom is -0.457 e. The summed E-state index contributed by atoms with van der Waals surface area (Å²) in [5, 5.41) is 0. The fraction of sp³-hybridized carbons (Fsp3) is 0. The molecular weight excluding hydrogens is 382 g/mol. The van der Waals surface area contributed by atoms with Gasteiger partial charge in [0.15, 0.2) is 0 Å². The Morgan fingerprint density at radius 1 is 0.680 bits per heavy atom. The van der Waals surface area contributed by atoms with Crippen LogP contribution in [-0.4, -0.2) is 11.8 Å². The average molecular weight is 394 g/mol. The quantitative estimate of drug-likeness (QED) is 0.585. The molecule has 0 aromatic heterocycles. The molecule has 0 bridgehead atoms. The van der Waals surface area contributed by atoms with Crippen LogP contribution >= 0.6 is 15.9 Å². The zero-order valence-corrected chi connectivity index (χ0v) is 14.6. The Labute approximate surface area is 152 Å². The fourth-order valence-electron chi connectivity index (χ4n) is 2.73. The van der Waals surface area contributed by atoms with Gasteiger partial charge in [-0.2, -0.15) is 0 Å². The number of halogens is 1. The molecule has 0 saturated carbocycles. The van der Waals surface area contributed by atoms with Crippen molar-refractivity contribution in [1.82, 2.24) is 0 Å². The Morgan fingerprint density at radius 2 is 1.16 bits per heavy atom. The first-order valence-corrected chi connectivity index (χ1v) is 8.44. The van der Waals surface area contributed by atoms with Gasteiger partial charge in [0.25, 0.3) is 11.8 Å². The minimum absolute atomic E-state index is 0.304. The van der Waals surface area contributed by atoms with Gasteiger partial charge in [-0.1, -0.05) is 28.1 Å². The molecule has 4 rings (SSSR count). The van der Waals surface area contributed by atoms with E-state index in [1.807, 2.05) is 24.3 Å². The second-order valence-corrected chi connectivity index (χ2v) is 6.46. The summed E-state index contributed by atoms with van der Waals surface area (Å²) in [5.74, 6) is 0.726. The lowest BCUT2D eigenvalue weighted by atomic mass is 10.1. The molecule has 0 spiro atoms. The third kappa shape index (κ3) is 2.83. The molecule has 2 amide bonds. The summed E-state index contributed by atoms with van der Waals surface area (Å²) in [6.07, 6.45) is 0. The topological polar surface area (TPSA) is 46.6 Å². The van der Waals surface area contributed by atoms with E-state index in [1.165, 1.54) is 4.90 Å². The van der Waals surface area contributed by atoms with Gasteiger partial charge in [-0.05, 0) is 60.7 Å². The lowest BCUT2D eigenvalue weighted by Gasteiger charge is -2.14. The number of nitrogens with zero attached hydrogens (tertiary/aromatic N) is 1. The minimum atomic E-state index is -0.304. The highest BCUT2D eigenvalue weighted by Gasteiger charge is 2.36. The summed E-state index contributed by atoms with van der Waals surface area (Å²) in [6.45, 7) is 0. The van der Waals surface area contributed by atoms with Crippen LogP contribution in [0, 0.1) is 0 Å². The fourth-order valence-corrected chi connectivity index (χ4v) is 2.99. The maximum atomic E-state index is 12.5. The number of amides is 2. The highest BCUT2D eigenvalue weighted by atomic mass is 79.9. The molecule has 0 fully saturated rings. The van der Waals surface area contributed by atoms with Crippen LogP contribution in [0.2, 0.25) is 0 Å². The first-order chi connectivity index (χ1) is 12.1. The van der Waals surface area contributed by atoms with Crippen LogP contribution in [0.1, 0.15) is 20.7 Å². The molecule has 122 valence electrons. The zero-order valence-electron chi connectivity index (χ0n) is 13.0. The van der Waals surface area contributed by atoms with E-state index in [2.05, 4.69) is 15.9 Å². The predicted octanol–water partition coefficient (Wildman–Crippen LogP) is 5.04. The van der Waals surface area contributed by atoms with Gasteiger partial charge in [0.05, 0.1) is 16.8 Å². The number of benzene rings is 3. The number of fused-ring (bicyclic) bond motifs is 1. The van der Waals surface area contributed by atoms with Crippen LogP contribution in [0.15, 0.2) is 77.3 Å². The summed E-state index contributed by atoms with van der Waals surface area (Å²) < 4.78 is 6.73. The molecule has 5 heteroatoms. The number of carbonyl (C=O) groups excluding carboxylic acids is 2. The summed E-state index contributed by atoms with van der Waals surface area (Å²) in [4.78, 5) is 26.2. The number of anilines is 1. The number of hydrogen-bond donors (Lipinski definition) is 0. The Bertz CT molecular complexity index is 930. The maximum Gasteiger partial charge on any atom is 0.266 e. The van der Waals surface area contributed by atoms with E-state index in [-0.39, 0.29) is 11.8 Å². The van der Waals surface area contributed by atoms with E-state index in [0.717, 1.165) is 4.47 Å². The van der Waals surface area contributed by atoms with Gasteiger partial charge in [-0.15, -0.1) is 0 Å². The van der Waals surface area contributed by atoms with E-state index in [9.17, 15) is 9.59 Å². The first-order valence-electron chi connectivity index (χ1n) is 7.65. The second-order valence-electron chi connectivity index (χ2n) is 5.54. The Hall–Kier alpha value is -2.92. The van der Waals surface area contributed by atoms with Crippen LogP contribution in [0.5, 0.6) is 11.5 Å². The molecule has 3 aromatic carbocycles. The van der Waals surface area contributed by atoms with Crippen LogP contribution in [0.25, 0.3) is 0 Å². The van der Waals surface area contributed by atoms with Crippen molar-refractivity contribution in [2.75, 3.05) is 4.90 Å². The van der Waals surface area contributed by atoms with Crippen LogP contribution in [0.3, 0.4) is 0 Å². The van der Waals surface area contributed by atoms with E-state index < -0.39 is 0 Å². The standard InChI is InChI=1S/C20H12BrNO3/c21-13-5-9-15(10-6-13)25-16-11-7-14(8-12-16)22-19(23)17-3-1-2-4-18(17)20(22)24/h1-12H. The van der Waals surface area contributed by atoms with Crippen molar-refractivity contribution in [2.45, 2.75) is 0 Å². The van der Waals surface area contributed by atoms with Crippen LogP contribution in [-0.2, 0) is 0 Å². The van der Waals surface area contributed by atoms with Gasteiger partial charge in [-0.25, -0.2) is 4.90 Å². The van der Waals surface area contributed by atoms with E-state index >= 15 is 0 Å². The normalized spacial score (nSPS) is 13.1. The molecule has 1 aliphatic rings. The largest absolute Gasteiger partial charge is 0.457 e. The van der Waals surface area contributed by atoms with Crippen molar-refractivity contribution in [3.05, 3.63) is 88.4 Å². The summed E-state index contributed by atoms with van der Waals surface area (Å²) in [6, 6.07) is 21.2.